The van der Waals surface area contributed by atoms with Gasteiger partial charge in [0, 0.05) is 31.5 Å². The third-order valence-electron chi connectivity index (χ3n) is 6.28. The molecule has 0 saturated carbocycles. The standard InChI is InChI=1S/C27H36N6O4S/c1-5-15-38-27-30-25(32-12-7-6-8-13-32)20-18-29-33(26(20)31-27)14-11-28-23(34)10-9-19-16-21(35-2)24(37-4)22(17-19)36-3/h9-10,16-18H,5-8,11-15H2,1-4H3,(H,28,34)/b10-9-. The molecule has 0 bridgehead atoms. The Balaban J connectivity index is 1.44. The fourth-order valence-corrected chi connectivity index (χ4v) is 5.09. The first-order valence-corrected chi connectivity index (χ1v) is 13.9. The third-order valence-corrected chi connectivity index (χ3v) is 7.34. The number of amides is 1. The van der Waals surface area contributed by atoms with Crippen LogP contribution in [0.3, 0.4) is 0 Å². The molecule has 0 unspecified atom stereocenters. The Morgan fingerprint density at radius 3 is 2.47 bits per heavy atom. The summed E-state index contributed by atoms with van der Waals surface area (Å²) >= 11 is 1.67. The molecule has 3 heterocycles. The van der Waals surface area contributed by atoms with E-state index in [1.165, 1.54) is 25.3 Å². The van der Waals surface area contributed by atoms with E-state index in [0.717, 1.165) is 52.8 Å². The molecule has 38 heavy (non-hydrogen) atoms. The molecule has 1 aromatic carbocycles. The van der Waals surface area contributed by atoms with Crippen molar-refractivity contribution < 1.29 is 19.0 Å². The van der Waals surface area contributed by atoms with Crippen molar-refractivity contribution in [2.75, 3.05) is 51.6 Å². The average molecular weight is 541 g/mol. The van der Waals surface area contributed by atoms with E-state index in [9.17, 15) is 4.79 Å². The normalized spacial score (nSPS) is 13.7. The number of hydrogen-bond donors (Lipinski definition) is 1. The minimum Gasteiger partial charge on any atom is -0.493 e. The number of hydrogen-bond acceptors (Lipinski definition) is 9. The second-order valence-corrected chi connectivity index (χ2v) is 9.98. The van der Waals surface area contributed by atoms with E-state index in [1.807, 2.05) is 10.9 Å². The van der Waals surface area contributed by atoms with Crippen LogP contribution in [0.1, 0.15) is 38.2 Å². The van der Waals surface area contributed by atoms with Crippen molar-refractivity contribution in [3.63, 3.8) is 0 Å². The Labute approximate surface area is 227 Å². The summed E-state index contributed by atoms with van der Waals surface area (Å²) in [6.07, 6.45) is 9.70. The van der Waals surface area contributed by atoms with E-state index in [1.54, 1.807) is 51.3 Å². The number of carbonyl (C=O) groups is 1. The van der Waals surface area contributed by atoms with Gasteiger partial charge in [0.15, 0.2) is 22.3 Å². The van der Waals surface area contributed by atoms with Gasteiger partial charge < -0.3 is 24.4 Å². The Morgan fingerprint density at radius 1 is 1.08 bits per heavy atom. The van der Waals surface area contributed by atoms with Gasteiger partial charge in [0.05, 0.1) is 39.5 Å². The molecule has 1 saturated heterocycles. The number of rotatable bonds is 12. The van der Waals surface area contributed by atoms with E-state index < -0.39 is 0 Å². The van der Waals surface area contributed by atoms with Crippen molar-refractivity contribution in [3.8, 4) is 17.2 Å². The highest BCUT2D eigenvalue weighted by atomic mass is 32.2. The number of nitrogens with one attached hydrogen (secondary N) is 1. The molecule has 10 nitrogen and oxygen atoms in total. The van der Waals surface area contributed by atoms with Gasteiger partial charge in [-0.25, -0.2) is 14.6 Å². The minimum atomic E-state index is -0.210. The number of anilines is 1. The fourth-order valence-electron chi connectivity index (χ4n) is 4.40. The summed E-state index contributed by atoms with van der Waals surface area (Å²) in [4.78, 5) is 24.6. The molecule has 0 radical (unpaired) electrons. The second-order valence-electron chi connectivity index (χ2n) is 8.91. The van der Waals surface area contributed by atoms with Gasteiger partial charge in [-0.2, -0.15) is 5.10 Å². The van der Waals surface area contributed by atoms with E-state index in [0.29, 0.717) is 30.3 Å². The molecule has 4 rings (SSSR count). The first-order valence-electron chi connectivity index (χ1n) is 12.9. The van der Waals surface area contributed by atoms with Crippen molar-refractivity contribution >= 4 is 40.6 Å². The maximum atomic E-state index is 12.5. The number of methoxy groups -OCH3 is 3. The summed E-state index contributed by atoms with van der Waals surface area (Å²) in [5.74, 6) is 3.29. The van der Waals surface area contributed by atoms with Gasteiger partial charge >= 0.3 is 0 Å². The number of benzene rings is 1. The number of carbonyl (C=O) groups excluding carboxylic acids is 1. The van der Waals surface area contributed by atoms with Gasteiger partial charge in [0.25, 0.3) is 0 Å². The van der Waals surface area contributed by atoms with Crippen molar-refractivity contribution in [1.82, 2.24) is 25.1 Å². The fraction of sp³-hybridized carbons (Fsp3) is 0.481. The molecule has 0 spiro atoms. The van der Waals surface area contributed by atoms with Gasteiger partial charge in [0.1, 0.15) is 5.82 Å². The zero-order valence-electron chi connectivity index (χ0n) is 22.5. The summed E-state index contributed by atoms with van der Waals surface area (Å²) < 4.78 is 18.0. The maximum Gasteiger partial charge on any atom is 0.244 e. The van der Waals surface area contributed by atoms with E-state index in [4.69, 9.17) is 24.2 Å². The predicted molar refractivity (Wildman–Crippen MR) is 151 cm³/mol. The van der Waals surface area contributed by atoms with Crippen molar-refractivity contribution in [3.05, 3.63) is 30.0 Å². The number of nitrogens with zero attached hydrogens (tertiary/aromatic N) is 5. The van der Waals surface area contributed by atoms with Crippen molar-refractivity contribution in [2.45, 2.75) is 44.3 Å². The SMILES string of the molecule is CCCSc1nc(N2CCCCC2)c2cnn(CCNC(=O)/C=C\c3cc(OC)c(OC)c(OC)c3)c2n1. The van der Waals surface area contributed by atoms with Crippen LogP contribution in [0.4, 0.5) is 5.82 Å². The zero-order valence-corrected chi connectivity index (χ0v) is 23.3. The highest BCUT2D eigenvalue weighted by Crippen LogP contribution is 2.38. The summed E-state index contributed by atoms with van der Waals surface area (Å²) in [6.45, 7) is 5.07. The van der Waals surface area contributed by atoms with Gasteiger partial charge in [-0.3, -0.25) is 4.79 Å². The molecule has 11 heteroatoms. The van der Waals surface area contributed by atoms with Crippen LogP contribution in [-0.4, -0.2) is 72.4 Å². The lowest BCUT2D eigenvalue weighted by Crippen LogP contribution is -2.30. The first kappa shape index (κ1) is 27.6. The van der Waals surface area contributed by atoms with Crippen LogP contribution < -0.4 is 24.4 Å². The summed E-state index contributed by atoms with van der Waals surface area (Å²) in [7, 11) is 4.67. The molecule has 204 valence electrons. The summed E-state index contributed by atoms with van der Waals surface area (Å²) in [5, 5.41) is 9.25. The topological polar surface area (TPSA) is 104 Å². The molecular formula is C27H36N6O4S. The van der Waals surface area contributed by atoms with Crippen molar-refractivity contribution in [1.29, 1.82) is 0 Å². The number of piperidine rings is 1. The van der Waals surface area contributed by atoms with Gasteiger partial charge in [-0.05, 0) is 49.5 Å². The zero-order chi connectivity index (χ0) is 26.9. The van der Waals surface area contributed by atoms with Gasteiger partial charge in [-0.15, -0.1) is 0 Å². The highest BCUT2D eigenvalue weighted by molar-refractivity contribution is 7.99. The van der Waals surface area contributed by atoms with Crippen LogP contribution in [0.25, 0.3) is 17.1 Å². The third kappa shape index (κ3) is 6.50. The van der Waals surface area contributed by atoms with Crippen LogP contribution in [0, 0.1) is 0 Å². The van der Waals surface area contributed by atoms with Crippen molar-refractivity contribution in [2.24, 2.45) is 0 Å². The van der Waals surface area contributed by atoms with Crippen LogP contribution in [0.5, 0.6) is 17.2 Å². The number of thioether (sulfide) groups is 1. The molecule has 0 atom stereocenters. The molecule has 1 N–H and O–H groups in total. The molecule has 1 amide bonds. The Bertz CT molecular complexity index is 1250. The largest absolute Gasteiger partial charge is 0.493 e. The average Bonchev–Trinajstić information content (AvgIpc) is 3.37. The maximum absolute atomic E-state index is 12.5. The number of fused-ring (bicyclic) bond motifs is 1. The monoisotopic (exact) mass is 540 g/mol. The highest BCUT2D eigenvalue weighted by Gasteiger charge is 2.20. The molecule has 2 aromatic heterocycles. The smallest absolute Gasteiger partial charge is 0.244 e. The van der Waals surface area contributed by atoms with E-state index >= 15 is 0 Å². The van der Waals surface area contributed by atoms with Crippen LogP contribution in [-0.2, 0) is 11.3 Å². The second kappa shape index (κ2) is 13.4. The lowest BCUT2D eigenvalue weighted by Gasteiger charge is -2.28. The predicted octanol–water partition coefficient (Wildman–Crippen LogP) is 4.17. The summed E-state index contributed by atoms with van der Waals surface area (Å²) in [6, 6.07) is 3.57. The Morgan fingerprint density at radius 2 is 1.82 bits per heavy atom. The van der Waals surface area contributed by atoms with Crippen LogP contribution >= 0.6 is 11.8 Å². The summed E-state index contributed by atoms with van der Waals surface area (Å²) in [5.41, 5.74) is 1.56. The lowest BCUT2D eigenvalue weighted by molar-refractivity contribution is -0.116. The van der Waals surface area contributed by atoms with E-state index in [-0.39, 0.29) is 5.91 Å². The molecule has 3 aromatic rings. The Kier molecular flexibility index (Phi) is 9.69. The van der Waals surface area contributed by atoms with Gasteiger partial charge in [0.2, 0.25) is 11.7 Å². The number of ether oxygens (including phenoxy) is 3. The molecule has 0 aliphatic carbocycles. The molecule has 1 aliphatic rings. The molecule has 1 aliphatic heterocycles. The first-order chi connectivity index (χ1) is 18.6. The lowest BCUT2D eigenvalue weighted by atomic mass is 10.1. The van der Waals surface area contributed by atoms with Crippen LogP contribution in [0.15, 0.2) is 29.6 Å². The number of aromatic nitrogens is 4. The molecular weight excluding hydrogens is 504 g/mol. The Hall–Kier alpha value is -3.47. The quantitative estimate of drug-likeness (QED) is 0.206. The molecule has 1 fully saturated rings. The minimum absolute atomic E-state index is 0.210. The van der Waals surface area contributed by atoms with E-state index in [2.05, 4.69) is 22.2 Å². The van der Waals surface area contributed by atoms with Crippen LogP contribution in [0.2, 0.25) is 0 Å². The van der Waals surface area contributed by atoms with Gasteiger partial charge in [-0.1, -0.05) is 18.7 Å².